The number of halogens is 3. The topological polar surface area (TPSA) is 50.9 Å². The van der Waals surface area contributed by atoms with Crippen LogP contribution in [0.25, 0.3) is 0 Å². The van der Waals surface area contributed by atoms with Crippen molar-refractivity contribution in [3.8, 4) is 0 Å². The highest BCUT2D eigenvalue weighted by Crippen LogP contribution is 2.31. The predicted octanol–water partition coefficient (Wildman–Crippen LogP) is 3.24. The number of nitrogens with one attached hydrogen (secondary N) is 1. The van der Waals surface area contributed by atoms with Crippen molar-refractivity contribution in [1.29, 1.82) is 0 Å². The number of anilines is 2. The molecule has 0 saturated carbocycles. The van der Waals surface area contributed by atoms with Crippen molar-refractivity contribution in [3.63, 3.8) is 0 Å². The average molecular weight is 291 g/mol. The van der Waals surface area contributed by atoms with E-state index in [1.807, 2.05) is 11.8 Å². The summed E-state index contributed by atoms with van der Waals surface area (Å²) in [5, 5.41) is 3.02. The molecule has 0 amide bonds. The molecule has 0 spiro atoms. The number of hydrogen-bond acceptors (Lipinski definition) is 4. The highest BCUT2D eigenvalue weighted by atomic mass is 32.2. The van der Waals surface area contributed by atoms with Gasteiger partial charge in [-0.15, -0.1) is 0 Å². The Morgan fingerprint density at radius 2 is 2.05 bits per heavy atom. The van der Waals surface area contributed by atoms with Crippen molar-refractivity contribution >= 4 is 23.1 Å². The summed E-state index contributed by atoms with van der Waals surface area (Å²) < 4.78 is 37.7. The Kier molecular flexibility index (Phi) is 4.44. The summed E-state index contributed by atoms with van der Waals surface area (Å²) >= 11 is 1.92. The Morgan fingerprint density at radius 1 is 1.37 bits per heavy atom. The van der Waals surface area contributed by atoms with Gasteiger partial charge in [0, 0.05) is 6.54 Å². The maximum Gasteiger partial charge on any atom is 0.433 e. The minimum atomic E-state index is -4.44. The van der Waals surface area contributed by atoms with Crippen LogP contribution in [0.1, 0.15) is 18.5 Å². The summed E-state index contributed by atoms with van der Waals surface area (Å²) in [7, 11) is 0. The van der Waals surface area contributed by atoms with E-state index in [1.54, 1.807) is 0 Å². The van der Waals surface area contributed by atoms with E-state index in [0.717, 1.165) is 36.6 Å². The summed E-state index contributed by atoms with van der Waals surface area (Å²) in [6.45, 7) is 0.659. The lowest BCUT2D eigenvalue weighted by Crippen LogP contribution is -2.20. The fourth-order valence-corrected chi connectivity index (χ4v) is 3.18. The molecule has 1 fully saturated rings. The van der Waals surface area contributed by atoms with Crippen LogP contribution in [0.4, 0.5) is 24.5 Å². The molecule has 0 aliphatic carbocycles. The molecule has 106 valence electrons. The highest BCUT2D eigenvalue weighted by molar-refractivity contribution is 7.99. The van der Waals surface area contributed by atoms with E-state index in [-0.39, 0.29) is 5.69 Å². The van der Waals surface area contributed by atoms with Gasteiger partial charge in [0.25, 0.3) is 0 Å². The monoisotopic (exact) mass is 291 g/mol. The summed E-state index contributed by atoms with van der Waals surface area (Å²) in [6.07, 6.45) is -1.20. The first-order valence-electron chi connectivity index (χ1n) is 6.11. The van der Waals surface area contributed by atoms with Crippen LogP contribution < -0.4 is 11.1 Å². The minimum Gasteiger partial charge on any atom is -0.396 e. The third-order valence-electron chi connectivity index (χ3n) is 3.15. The van der Waals surface area contributed by atoms with E-state index in [9.17, 15) is 13.2 Å². The second-order valence-electron chi connectivity index (χ2n) is 4.59. The minimum absolute atomic E-state index is 0.248. The summed E-state index contributed by atoms with van der Waals surface area (Å²) in [5.74, 6) is 2.74. The molecule has 1 aromatic rings. The average Bonchev–Trinajstić information content (AvgIpc) is 2.37. The fraction of sp³-hybridized carbons (Fsp3) is 0.583. The molecule has 1 aliphatic heterocycles. The van der Waals surface area contributed by atoms with Crippen LogP contribution in [0.5, 0.6) is 0 Å². The van der Waals surface area contributed by atoms with Crippen molar-refractivity contribution in [2.75, 3.05) is 29.1 Å². The fourth-order valence-electron chi connectivity index (χ4n) is 1.98. The van der Waals surface area contributed by atoms with E-state index >= 15 is 0 Å². The van der Waals surface area contributed by atoms with Crippen LogP contribution in [-0.4, -0.2) is 23.0 Å². The molecule has 0 bridgehead atoms. The lowest BCUT2D eigenvalue weighted by atomic mass is 10.0. The normalized spacial score (nSPS) is 17.4. The molecule has 19 heavy (non-hydrogen) atoms. The number of alkyl halides is 3. The van der Waals surface area contributed by atoms with Gasteiger partial charge in [-0.05, 0) is 36.3 Å². The van der Waals surface area contributed by atoms with Gasteiger partial charge in [0.15, 0.2) is 0 Å². The summed E-state index contributed by atoms with van der Waals surface area (Å²) in [5.41, 5.74) is 5.31. The van der Waals surface area contributed by atoms with Crippen LogP contribution in [-0.2, 0) is 6.18 Å². The molecular weight excluding hydrogens is 275 g/mol. The Morgan fingerprint density at radius 3 is 2.68 bits per heavy atom. The first kappa shape index (κ1) is 14.3. The quantitative estimate of drug-likeness (QED) is 0.897. The van der Waals surface area contributed by atoms with E-state index < -0.39 is 11.9 Å². The first-order chi connectivity index (χ1) is 8.97. The number of nitrogens with zero attached hydrogens (tertiary/aromatic N) is 1. The zero-order valence-corrected chi connectivity index (χ0v) is 11.2. The van der Waals surface area contributed by atoms with Gasteiger partial charge < -0.3 is 11.1 Å². The smallest absolute Gasteiger partial charge is 0.396 e. The standard InChI is InChI=1S/C12H16F3N3S/c13-12(14,15)11-5-10(9(16)7-18-11)17-6-8-1-3-19-4-2-8/h5,7-8H,1-4,6,16H2,(H,17,18). The molecule has 0 aromatic carbocycles. The third-order valence-corrected chi connectivity index (χ3v) is 4.20. The molecule has 0 radical (unpaired) electrons. The van der Waals surface area contributed by atoms with E-state index in [2.05, 4.69) is 10.3 Å². The van der Waals surface area contributed by atoms with Crippen LogP contribution >= 0.6 is 11.8 Å². The SMILES string of the molecule is Nc1cnc(C(F)(F)F)cc1NCC1CCSCC1. The van der Waals surface area contributed by atoms with Gasteiger partial charge in [0.2, 0.25) is 0 Å². The van der Waals surface area contributed by atoms with Gasteiger partial charge in [-0.3, -0.25) is 0 Å². The number of hydrogen-bond donors (Lipinski definition) is 2. The molecule has 1 saturated heterocycles. The number of rotatable bonds is 3. The Hall–Kier alpha value is -1.11. The third kappa shape index (κ3) is 3.92. The van der Waals surface area contributed by atoms with Crippen LogP contribution in [0, 0.1) is 5.92 Å². The molecular formula is C12H16F3N3S. The first-order valence-corrected chi connectivity index (χ1v) is 7.26. The number of thioether (sulfide) groups is 1. The van der Waals surface area contributed by atoms with E-state index in [4.69, 9.17) is 5.73 Å². The zero-order valence-electron chi connectivity index (χ0n) is 10.3. The molecule has 3 N–H and O–H groups in total. The van der Waals surface area contributed by atoms with Crippen molar-refractivity contribution in [1.82, 2.24) is 4.98 Å². The largest absolute Gasteiger partial charge is 0.433 e. The molecule has 2 heterocycles. The van der Waals surface area contributed by atoms with Gasteiger partial charge in [0.05, 0.1) is 17.6 Å². The number of aromatic nitrogens is 1. The van der Waals surface area contributed by atoms with Gasteiger partial charge in [-0.2, -0.15) is 24.9 Å². The molecule has 2 rings (SSSR count). The van der Waals surface area contributed by atoms with Crippen molar-refractivity contribution in [2.24, 2.45) is 5.92 Å². The number of nitrogen functional groups attached to an aromatic ring is 1. The molecule has 7 heteroatoms. The van der Waals surface area contributed by atoms with E-state index in [1.165, 1.54) is 0 Å². The van der Waals surface area contributed by atoms with Gasteiger partial charge >= 0.3 is 6.18 Å². The van der Waals surface area contributed by atoms with E-state index in [0.29, 0.717) is 18.2 Å². The molecule has 0 unspecified atom stereocenters. The zero-order chi connectivity index (χ0) is 13.9. The van der Waals surface area contributed by atoms with Crippen molar-refractivity contribution < 1.29 is 13.2 Å². The van der Waals surface area contributed by atoms with Crippen LogP contribution in [0.15, 0.2) is 12.3 Å². The van der Waals surface area contributed by atoms with Gasteiger partial charge in [0.1, 0.15) is 5.69 Å². The Labute approximate surface area is 114 Å². The molecule has 3 nitrogen and oxygen atoms in total. The maximum absolute atomic E-state index is 12.6. The predicted molar refractivity (Wildman–Crippen MR) is 72.2 cm³/mol. The van der Waals surface area contributed by atoms with Gasteiger partial charge in [-0.25, -0.2) is 4.98 Å². The Bertz CT molecular complexity index is 431. The second-order valence-corrected chi connectivity index (χ2v) is 5.82. The highest BCUT2D eigenvalue weighted by Gasteiger charge is 2.33. The lowest BCUT2D eigenvalue weighted by Gasteiger charge is -2.22. The molecule has 1 aliphatic rings. The summed E-state index contributed by atoms with van der Waals surface area (Å²) in [4.78, 5) is 3.31. The summed E-state index contributed by atoms with van der Waals surface area (Å²) in [6, 6.07) is 0.979. The van der Waals surface area contributed by atoms with Crippen LogP contribution in [0.2, 0.25) is 0 Å². The van der Waals surface area contributed by atoms with Crippen molar-refractivity contribution in [2.45, 2.75) is 19.0 Å². The van der Waals surface area contributed by atoms with Crippen LogP contribution in [0.3, 0.4) is 0 Å². The molecule has 0 atom stereocenters. The number of pyridine rings is 1. The van der Waals surface area contributed by atoms with Crippen molar-refractivity contribution in [3.05, 3.63) is 18.0 Å². The molecule has 1 aromatic heterocycles. The maximum atomic E-state index is 12.6. The lowest BCUT2D eigenvalue weighted by molar-refractivity contribution is -0.141. The van der Waals surface area contributed by atoms with Gasteiger partial charge in [-0.1, -0.05) is 0 Å². The number of nitrogens with two attached hydrogens (primary N) is 1. The second kappa shape index (κ2) is 5.90. The Balaban J connectivity index is 2.02.